The van der Waals surface area contributed by atoms with Gasteiger partial charge in [0.25, 0.3) is 0 Å². The summed E-state index contributed by atoms with van der Waals surface area (Å²) < 4.78 is 6.44. The molecule has 172 valence electrons. The Morgan fingerprint density at radius 1 is 1.06 bits per heavy atom. The van der Waals surface area contributed by atoms with E-state index >= 15 is 0 Å². The molecule has 4 rings (SSSR count). The lowest BCUT2D eigenvalue weighted by molar-refractivity contribution is 0.112. The molecular weight excluding hydrogens is 426 g/mol. The Hall–Kier alpha value is -4.19. The summed E-state index contributed by atoms with van der Waals surface area (Å²) in [5.74, 6) is 0.494. The quantitative estimate of drug-likeness (QED) is 0.222. The van der Waals surface area contributed by atoms with Crippen LogP contribution in [-0.2, 0) is 0 Å². The van der Waals surface area contributed by atoms with Gasteiger partial charge in [0, 0.05) is 52.5 Å². The molecule has 1 atom stereocenters. The third-order valence-electron chi connectivity index (χ3n) is 5.94. The number of carbonyl (C=O) groups excluding carboxylic acids is 1. The third kappa shape index (κ3) is 4.22. The molecule has 34 heavy (non-hydrogen) atoms. The van der Waals surface area contributed by atoms with Crippen molar-refractivity contribution in [2.24, 2.45) is 4.99 Å². The number of carbonyl (C=O) groups is 1. The summed E-state index contributed by atoms with van der Waals surface area (Å²) in [4.78, 5) is 28.9. The standard InChI is InChI=1S/C28H27N3O3/c1-16-11-22(18(3)31-25-8-6-5-7-20(25)15-32)28-23(12-16)26(33)17(2)27(34-28)19-9-10-24(29)21(13-19)14-30-4/h5-15,18,31H,29H2,1-4H3. The van der Waals surface area contributed by atoms with Crippen molar-refractivity contribution in [3.8, 4) is 11.3 Å². The summed E-state index contributed by atoms with van der Waals surface area (Å²) in [5, 5.41) is 3.92. The van der Waals surface area contributed by atoms with Crippen molar-refractivity contribution in [2.45, 2.75) is 26.8 Å². The van der Waals surface area contributed by atoms with Gasteiger partial charge in [0.1, 0.15) is 11.3 Å². The van der Waals surface area contributed by atoms with Crippen molar-refractivity contribution in [3.05, 3.63) is 92.6 Å². The van der Waals surface area contributed by atoms with Gasteiger partial charge in [-0.2, -0.15) is 0 Å². The topological polar surface area (TPSA) is 97.7 Å². The second-order valence-corrected chi connectivity index (χ2v) is 8.42. The Bertz CT molecular complexity index is 1480. The smallest absolute Gasteiger partial charge is 0.196 e. The molecular formula is C28H27N3O3. The van der Waals surface area contributed by atoms with Crippen molar-refractivity contribution in [3.63, 3.8) is 0 Å². The third-order valence-corrected chi connectivity index (χ3v) is 5.94. The molecule has 3 aromatic carbocycles. The van der Waals surface area contributed by atoms with Crippen LogP contribution in [0.1, 0.15) is 45.6 Å². The molecule has 1 aromatic heterocycles. The average molecular weight is 454 g/mol. The van der Waals surface area contributed by atoms with Crippen LogP contribution >= 0.6 is 0 Å². The predicted molar refractivity (Wildman–Crippen MR) is 139 cm³/mol. The summed E-state index contributed by atoms with van der Waals surface area (Å²) in [6.07, 6.45) is 2.50. The molecule has 0 fully saturated rings. The Balaban J connectivity index is 1.91. The minimum Gasteiger partial charge on any atom is -0.455 e. The number of aryl methyl sites for hydroxylation is 1. The maximum atomic E-state index is 13.4. The number of anilines is 2. The second-order valence-electron chi connectivity index (χ2n) is 8.42. The van der Waals surface area contributed by atoms with Crippen molar-refractivity contribution in [1.82, 2.24) is 0 Å². The van der Waals surface area contributed by atoms with E-state index in [9.17, 15) is 9.59 Å². The maximum absolute atomic E-state index is 13.4. The van der Waals surface area contributed by atoms with Gasteiger partial charge in [-0.05, 0) is 62.7 Å². The van der Waals surface area contributed by atoms with Crippen molar-refractivity contribution >= 4 is 34.8 Å². The summed E-state index contributed by atoms with van der Waals surface area (Å²) >= 11 is 0. The highest BCUT2D eigenvalue weighted by molar-refractivity contribution is 5.90. The molecule has 0 aliphatic heterocycles. The molecule has 0 aliphatic rings. The summed E-state index contributed by atoms with van der Waals surface area (Å²) in [6.45, 7) is 5.71. The molecule has 3 N–H and O–H groups in total. The van der Waals surface area contributed by atoms with E-state index < -0.39 is 0 Å². The molecule has 0 aliphatic carbocycles. The van der Waals surface area contributed by atoms with E-state index in [2.05, 4.69) is 10.3 Å². The fraction of sp³-hybridized carbons (Fsp3) is 0.179. The highest BCUT2D eigenvalue weighted by Crippen LogP contribution is 2.33. The number of nitrogens with zero attached hydrogens (tertiary/aromatic N) is 1. The van der Waals surface area contributed by atoms with Crippen LogP contribution in [0, 0.1) is 13.8 Å². The normalized spacial score (nSPS) is 12.2. The van der Waals surface area contributed by atoms with Crippen LogP contribution in [0.3, 0.4) is 0 Å². The van der Waals surface area contributed by atoms with Crippen LogP contribution < -0.4 is 16.5 Å². The van der Waals surface area contributed by atoms with Crippen LogP contribution in [0.25, 0.3) is 22.3 Å². The molecule has 0 amide bonds. The molecule has 1 heterocycles. The molecule has 0 bridgehead atoms. The van der Waals surface area contributed by atoms with E-state index in [4.69, 9.17) is 10.2 Å². The highest BCUT2D eigenvalue weighted by atomic mass is 16.3. The van der Waals surface area contributed by atoms with Gasteiger partial charge in [0.05, 0.1) is 11.4 Å². The Kier molecular flexibility index (Phi) is 6.32. The van der Waals surface area contributed by atoms with E-state index in [1.807, 2.05) is 56.3 Å². The van der Waals surface area contributed by atoms with Gasteiger partial charge in [-0.1, -0.05) is 18.2 Å². The van der Waals surface area contributed by atoms with E-state index in [0.29, 0.717) is 33.5 Å². The number of para-hydroxylation sites is 1. The maximum Gasteiger partial charge on any atom is 0.196 e. The first-order valence-corrected chi connectivity index (χ1v) is 11.0. The van der Waals surface area contributed by atoms with E-state index in [0.717, 1.165) is 34.2 Å². The lowest BCUT2D eigenvalue weighted by Gasteiger charge is -2.19. The van der Waals surface area contributed by atoms with Gasteiger partial charge in [-0.3, -0.25) is 14.6 Å². The predicted octanol–water partition coefficient (Wildman–Crippen LogP) is 5.69. The van der Waals surface area contributed by atoms with Gasteiger partial charge in [0.2, 0.25) is 0 Å². The highest BCUT2D eigenvalue weighted by Gasteiger charge is 2.20. The number of nitrogen functional groups attached to an aromatic ring is 1. The Morgan fingerprint density at radius 3 is 2.56 bits per heavy atom. The first kappa shape index (κ1) is 23.0. The van der Waals surface area contributed by atoms with Crippen LogP contribution in [0.4, 0.5) is 11.4 Å². The second kappa shape index (κ2) is 9.35. The molecule has 4 aromatic rings. The number of rotatable bonds is 6. The number of aldehydes is 1. The summed E-state index contributed by atoms with van der Waals surface area (Å²) in [7, 11) is 1.68. The largest absolute Gasteiger partial charge is 0.455 e. The Morgan fingerprint density at radius 2 is 1.82 bits per heavy atom. The van der Waals surface area contributed by atoms with Crippen molar-refractivity contribution < 1.29 is 9.21 Å². The molecule has 1 unspecified atom stereocenters. The fourth-order valence-electron chi connectivity index (χ4n) is 4.17. The van der Waals surface area contributed by atoms with Crippen LogP contribution in [0.15, 0.2) is 68.8 Å². The van der Waals surface area contributed by atoms with Crippen LogP contribution in [0.5, 0.6) is 0 Å². The zero-order chi connectivity index (χ0) is 24.4. The fourth-order valence-corrected chi connectivity index (χ4v) is 4.17. The van der Waals surface area contributed by atoms with Gasteiger partial charge in [-0.15, -0.1) is 0 Å². The van der Waals surface area contributed by atoms with E-state index in [1.165, 1.54) is 0 Å². The zero-order valence-electron chi connectivity index (χ0n) is 19.7. The number of fused-ring (bicyclic) bond motifs is 1. The molecule has 0 saturated heterocycles. The van der Waals surface area contributed by atoms with Gasteiger partial charge < -0.3 is 15.5 Å². The molecule has 0 spiro atoms. The van der Waals surface area contributed by atoms with Crippen LogP contribution in [0.2, 0.25) is 0 Å². The lowest BCUT2D eigenvalue weighted by Crippen LogP contribution is -2.13. The molecule has 0 radical (unpaired) electrons. The number of nitrogens with two attached hydrogens (primary N) is 1. The number of benzene rings is 3. The van der Waals surface area contributed by atoms with E-state index in [1.54, 1.807) is 32.3 Å². The summed E-state index contributed by atoms with van der Waals surface area (Å²) in [6, 6.07) is 16.4. The monoisotopic (exact) mass is 453 g/mol. The molecule has 6 nitrogen and oxygen atoms in total. The van der Waals surface area contributed by atoms with Gasteiger partial charge in [-0.25, -0.2) is 0 Å². The molecule has 6 heteroatoms. The number of hydrogen-bond donors (Lipinski definition) is 2. The SMILES string of the molecule is CN=Cc1cc(-c2oc3c(C(C)Nc4ccccc4C=O)cc(C)cc3c(=O)c2C)ccc1N. The minimum absolute atomic E-state index is 0.0794. The number of nitrogens with one attached hydrogen (secondary N) is 1. The van der Waals surface area contributed by atoms with Crippen molar-refractivity contribution in [1.29, 1.82) is 0 Å². The molecule has 0 saturated carbocycles. The van der Waals surface area contributed by atoms with Gasteiger partial charge in [0.15, 0.2) is 11.7 Å². The van der Waals surface area contributed by atoms with Crippen LogP contribution in [-0.4, -0.2) is 19.5 Å². The Labute approximate surface area is 198 Å². The number of aliphatic imine (C=N–C) groups is 1. The summed E-state index contributed by atoms with van der Waals surface area (Å²) in [5.41, 5.74) is 12.2. The average Bonchev–Trinajstić information content (AvgIpc) is 2.83. The lowest BCUT2D eigenvalue weighted by atomic mass is 9.98. The zero-order valence-corrected chi connectivity index (χ0v) is 19.7. The first-order chi connectivity index (χ1) is 16.3. The number of hydrogen-bond acceptors (Lipinski definition) is 6. The first-order valence-electron chi connectivity index (χ1n) is 11.0. The van der Waals surface area contributed by atoms with Crippen molar-refractivity contribution in [2.75, 3.05) is 18.1 Å². The van der Waals surface area contributed by atoms with Gasteiger partial charge >= 0.3 is 0 Å². The minimum atomic E-state index is -0.226. The van der Waals surface area contributed by atoms with E-state index in [-0.39, 0.29) is 11.5 Å².